The lowest BCUT2D eigenvalue weighted by Gasteiger charge is -2.11. The number of aromatic nitrogens is 3. The number of imidazole rings is 1. The van der Waals surface area contributed by atoms with Gasteiger partial charge < -0.3 is 14.5 Å². The van der Waals surface area contributed by atoms with Crippen LogP contribution in [-0.4, -0.2) is 21.2 Å². The summed E-state index contributed by atoms with van der Waals surface area (Å²) < 4.78 is 4.32. The molecule has 0 bridgehead atoms. The fraction of sp³-hybridized carbons (Fsp3) is 0.500. The van der Waals surface area contributed by atoms with Gasteiger partial charge >= 0.3 is 0 Å². The number of nitrogens with zero attached hydrogens (tertiary/aromatic N) is 3. The second-order valence-corrected chi connectivity index (χ2v) is 4.64. The van der Waals surface area contributed by atoms with Crippen LogP contribution in [0.2, 0.25) is 0 Å². The molecule has 0 amide bonds. The first-order chi connectivity index (χ1) is 8.74. The number of nitrogens with one attached hydrogen (secondary N) is 1. The summed E-state index contributed by atoms with van der Waals surface area (Å²) in [6.07, 6.45) is 10.3. The van der Waals surface area contributed by atoms with E-state index < -0.39 is 0 Å². The number of hydrogen-bond donors (Lipinski definition) is 1. The van der Waals surface area contributed by atoms with Gasteiger partial charge in [-0.15, -0.1) is 0 Å². The molecule has 2 aromatic rings. The van der Waals surface area contributed by atoms with Crippen LogP contribution in [0.3, 0.4) is 0 Å². The average Bonchev–Trinajstić information content (AvgIpc) is 2.98. The van der Waals surface area contributed by atoms with E-state index in [4.69, 9.17) is 0 Å². The normalized spacial score (nSPS) is 12.8. The van der Waals surface area contributed by atoms with E-state index in [1.54, 1.807) is 0 Å². The van der Waals surface area contributed by atoms with Gasteiger partial charge in [0.2, 0.25) is 0 Å². The minimum Gasteiger partial charge on any atom is -0.353 e. The Bertz CT molecular complexity index is 479. The fourth-order valence-corrected chi connectivity index (χ4v) is 2.28. The third-order valence-electron chi connectivity index (χ3n) is 3.45. The second kappa shape index (κ2) is 5.87. The van der Waals surface area contributed by atoms with Crippen LogP contribution in [0.25, 0.3) is 0 Å². The molecule has 1 atom stereocenters. The topological polar surface area (TPSA) is 34.8 Å². The Morgan fingerprint density at radius 2 is 2.22 bits per heavy atom. The highest BCUT2D eigenvalue weighted by Gasteiger charge is 2.08. The van der Waals surface area contributed by atoms with E-state index in [-0.39, 0.29) is 0 Å². The summed E-state index contributed by atoms with van der Waals surface area (Å²) in [6.45, 7) is 3.18. The Hall–Kier alpha value is -1.55. The van der Waals surface area contributed by atoms with Crippen LogP contribution in [0.1, 0.15) is 30.8 Å². The van der Waals surface area contributed by atoms with Crippen molar-refractivity contribution in [2.24, 2.45) is 7.05 Å². The minimum absolute atomic E-state index is 0.458. The number of hydrogen-bond acceptors (Lipinski definition) is 2. The molecule has 0 aliphatic rings. The Morgan fingerprint density at radius 3 is 2.83 bits per heavy atom. The van der Waals surface area contributed by atoms with Gasteiger partial charge in [0.05, 0.1) is 0 Å². The van der Waals surface area contributed by atoms with Gasteiger partial charge in [0.15, 0.2) is 0 Å². The molecule has 1 N–H and O–H groups in total. The van der Waals surface area contributed by atoms with Crippen molar-refractivity contribution >= 4 is 0 Å². The van der Waals surface area contributed by atoms with Crippen LogP contribution in [0.15, 0.2) is 30.9 Å². The molecule has 1 unspecified atom stereocenters. The van der Waals surface area contributed by atoms with E-state index in [9.17, 15) is 0 Å². The molecule has 2 aromatic heterocycles. The third-order valence-corrected chi connectivity index (χ3v) is 3.45. The van der Waals surface area contributed by atoms with Crippen molar-refractivity contribution in [3.8, 4) is 0 Å². The van der Waals surface area contributed by atoms with Crippen LogP contribution >= 0.6 is 0 Å². The zero-order valence-corrected chi connectivity index (χ0v) is 11.4. The van der Waals surface area contributed by atoms with E-state index in [0.29, 0.717) is 6.04 Å². The highest BCUT2D eigenvalue weighted by Crippen LogP contribution is 2.16. The Balaban J connectivity index is 1.97. The molecule has 0 radical (unpaired) electrons. The van der Waals surface area contributed by atoms with Crippen molar-refractivity contribution < 1.29 is 0 Å². The lowest BCUT2D eigenvalue weighted by Crippen LogP contribution is -2.14. The van der Waals surface area contributed by atoms with Crippen LogP contribution in [0.4, 0.5) is 0 Å². The molecule has 0 saturated heterocycles. The third kappa shape index (κ3) is 2.82. The van der Waals surface area contributed by atoms with Crippen LogP contribution < -0.4 is 5.32 Å². The molecule has 4 heteroatoms. The second-order valence-electron chi connectivity index (χ2n) is 4.64. The molecular formula is C14H22N4. The first kappa shape index (κ1) is 12.9. The summed E-state index contributed by atoms with van der Waals surface area (Å²) in [5.74, 6) is 1.13. The molecule has 0 aliphatic carbocycles. The molecule has 18 heavy (non-hydrogen) atoms. The van der Waals surface area contributed by atoms with E-state index in [1.807, 2.05) is 26.5 Å². The molecule has 4 nitrogen and oxygen atoms in total. The van der Waals surface area contributed by atoms with E-state index >= 15 is 0 Å². The summed E-state index contributed by atoms with van der Waals surface area (Å²) in [7, 11) is 4.05. The van der Waals surface area contributed by atoms with Gasteiger partial charge in [-0.3, -0.25) is 0 Å². The molecular weight excluding hydrogens is 224 g/mol. The van der Waals surface area contributed by atoms with Crippen molar-refractivity contribution in [3.05, 3.63) is 42.2 Å². The highest BCUT2D eigenvalue weighted by atomic mass is 15.0. The van der Waals surface area contributed by atoms with Gasteiger partial charge in [0, 0.05) is 50.8 Å². The number of rotatable bonds is 6. The molecule has 2 heterocycles. The lowest BCUT2D eigenvalue weighted by atomic mass is 10.1. The van der Waals surface area contributed by atoms with Gasteiger partial charge in [-0.1, -0.05) is 6.92 Å². The van der Waals surface area contributed by atoms with Crippen molar-refractivity contribution in [2.75, 3.05) is 7.05 Å². The van der Waals surface area contributed by atoms with E-state index in [0.717, 1.165) is 25.2 Å². The summed E-state index contributed by atoms with van der Waals surface area (Å²) >= 11 is 0. The standard InChI is InChI=1S/C14H22N4/c1-4-13(15-2)12-5-8-18(11-12)9-6-14-16-7-10-17(14)3/h5,7-8,10-11,13,15H,4,6,9H2,1-3H3. The number of aryl methyl sites for hydroxylation is 3. The van der Waals surface area contributed by atoms with Crippen molar-refractivity contribution in [1.82, 2.24) is 19.4 Å². The monoisotopic (exact) mass is 246 g/mol. The molecule has 0 saturated carbocycles. The Labute approximate surface area is 109 Å². The van der Waals surface area contributed by atoms with E-state index in [1.165, 1.54) is 5.56 Å². The summed E-state index contributed by atoms with van der Waals surface area (Å²) in [5.41, 5.74) is 1.36. The first-order valence-corrected chi connectivity index (χ1v) is 6.53. The van der Waals surface area contributed by atoms with Gasteiger partial charge in [-0.2, -0.15) is 0 Å². The lowest BCUT2D eigenvalue weighted by molar-refractivity contribution is 0.573. The predicted octanol–water partition coefficient (Wildman–Crippen LogP) is 2.13. The van der Waals surface area contributed by atoms with Gasteiger partial charge in [-0.05, 0) is 25.1 Å². The quantitative estimate of drug-likeness (QED) is 0.847. The van der Waals surface area contributed by atoms with Gasteiger partial charge in [0.1, 0.15) is 5.82 Å². The average molecular weight is 246 g/mol. The smallest absolute Gasteiger partial charge is 0.110 e. The Morgan fingerprint density at radius 1 is 1.39 bits per heavy atom. The molecule has 0 fully saturated rings. The fourth-order valence-electron chi connectivity index (χ4n) is 2.28. The van der Waals surface area contributed by atoms with Gasteiger partial charge in [-0.25, -0.2) is 4.98 Å². The maximum Gasteiger partial charge on any atom is 0.110 e. The summed E-state index contributed by atoms with van der Waals surface area (Å²) in [6, 6.07) is 2.66. The highest BCUT2D eigenvalue weighted by molar-refractivity contribution is 5.15. The predicted molar refractivity (Wildman–Crippen MR) is 73.4 cm³/mol. The zero-order chi connectivity index (χ0) is 13.0. The van der Waals surface area contributed by atoms with Crippen molar-refractivity contribution in [3.63, 3.8) is 0 Å². The maximum absolute atomic E-state index is 4.34. The minimum atomic E-state index is 0.458. The molecule has 98 valence electrons. The molecule has 0 aromatic carbocycles. The maximum atomic E-state index is 4.34. The van der Waals surface area contributed by atoms with Crippen molar-refractivity contribution in [1.29, 1.82) is 0 Å². The Kier molecular flexibility index (Phi) is 4.20. The SMILES string of the molecule is CCC(NC)c1ccn(CCc2nccn2C)c1. The summed E-state index contributed by atoms with van der Waals surface area (Å²) in [4.78, 5) is 4.34. The van der Waals surface area contributed by atoms with Crippen LogP contribution in [-0.2, 0) is 20.0 Å². The molecule has 0 aliphatic heterocycles. The molecule has 0 spiro atoms. The zero-order valence-electron chi connectivity index (χ0n) is 11.4. The van der Waals surface area contributed by atoms with Crippen LogP contribution in [0.5, 0.6) is 0 Å². The summed E-state index contributed by atoms with van der Waals surface area (Å²) in [5, 5.41) is 3.33. The van der Waals surface area contributed by atoms with Crippen LogP contribution in [0, 0.1) is 0 Å². The first-order valence-electron chi connectivity index (χ1n) is 6.53. The van der Waals surface area contributed by atoms with Gasteiger partial charge in [0.25, 0.3) is 0 Å². The largest absolute Gasteiger partial charge is 0.353 e. The molecule has 2 rings (SSSR count). The van der Waals surface area contributed by atoms with E-state index in [2.05, 4.69) is 44.8 Å². The van der Waals surface area contributed by atoms with Crippen molar-refractivity contribution in [2.45, 2.75) is 32.4 Å².